The molecule has 23 heavy (non-hydrogen) atoms. The average molecular weight is 315 g/mol. The maximum Gasteiger partial charge on any atom is 0.286 e. The molecule has 0 fully saturated rings. The molecule has 2 aromatic rings. The number of hydrogen-bond donors (Lipinski definition) is 1. The monoisotopic (exact) mass is 315 g/mol. The largest absolute Gasteiger partial charge is 0.324 e. The van der Waals surface area contributed by atoms with Crippen LogP contribution in [0.15, 0.2) is 35.3 Å². The number of nitrogens with zero attached hydrogens (tertiary/aromatic N) is 2. The van der Waals surface area contributed by atoms with Gasteiger partial charge in [-0.2, -0.15) is 0 Å². The third kappa shape index (κ3) is 3.82. The Balaban J connectivity index is 2.25. The van der Waals surface area contributed by atoms with E-state index in [1.54, 1.807) is 0 Å². The van der Waals surface area contributed by atoms with Crippen LogP contribution in [0.1, 0.15) is 16.7 Å². The molecule has 0 aliphatic heterocycles. The van der Waals surface area contributed by atoms with Gasteiger partial charge < -0.3 is 5.32 Å². The lowest BCUT2D eigenvalue weighted by Gasteiger charge is -2.11. The number of aromatic nitrogens is 1. The van der Waals surface area contributed by atoms with Gasteiger partial charge in [-0.05, 0) is 38.0 Å². The fraction of sp³-hybridized carbons (Fsp3) is 0.250. The number of aryl methyl sites for hydroxylation is 3. The molecular weight excluding hydrogens is 298 g/mol. The molecule has 0 spiro atoms. The summed E-state index contributed by atoms with van der Waals surface area (Å²) in [6.07, 6.45) is 1.08. The Bertz CT molecular complexity index is 840. The number of anilines is 1. The van der Waals surface area contributed by atoms with Crippen molar-refractivity contribution in [1.82, 2.24) is 4.57 Å². The number of nitro groups is 1. The summed E-state index contributed by atoms with van der Waals surface area (Å²) in [5.74, 6) is -0.416. The molecule has 0 radical (unpaired) electrons. The van der Waals surface area contributed by atoms with Crippen LogP contribution in [0.25, 0.3) is 0 Å². The molecular formula is C16H17N3O4. The number of amides is 1. The second-order valence-electron chi connectivity index (χ2n) is 5.44. The highest BCUT2D eigenvalue weighted by Crippen LogP contribution is 2.16. The fourth-order valence-electron chi connectivity index (χ4n) is 2.20. The molecule has 120 valence electrons. The molecule has 1 aromatic heterocycles. The Morgan fingerprint density at radius 2 is 1.91 bits per heavy atom. The van der Waals surface area contributed by atoms with Gasteiger partial charge in [0.1, 0.15) is 6.54 Å². The minimum atomic E-state index is -0.592. The summed E-state index contributed by atoms with van der Waals surface area (Å²) in [7, 11) is 0. The van der Waals surface area contributed by atoms with Crippen molar-refractivity contribution in [3.05, 3.63) is 67.6 Å². The van der Waals surface area contributed by atoms with Crippen LogP contribution in [0.3, 0.4) is 0 Å². The number of nitrogens with one attached hydrogen (secondary N) is 1. The Labute approximate surface area is 132 Å². The van der Waals surface area contributed by atoms with E-state index in [4.69, 9.17) is 0 Å². The number of benzene rings is 1. The van der Waals surface area contributed by atoms with E-state index in [0.29, 0.717) is 5.69 Å². The second kappa shape index (κ2) is 6.43. The summed E-state index contributed by atoms with van der Waals surface area (Å²) < 4.78 is 1.05. The van der Waals surface area contributed by atoms with E-state index in [1.807, 2.05) is 32.0 Å². The lowest BCUT2D eigenvalue weighted by molar-refractivity contribution is -0.385. The molecule has 0 aliphatic rings. The van der Waals surface area contributed by atoms with Gasteiger partial charge in [-0.3, -0.25) is 24.3 Å². The van der Waals surface area contributed by atoms with Gasteiger partial charge in [0.2, 0.25) is 5.91 Å². The summed E-state index contributed by atoms with van der Waals surface area (Å²) in [5.41, 5.74) is 2.12. The van der Waals surface area contributed by atoms with E-state index in [-0.39, 0.29) is 17.8 Å². The third-order valence-electron chi connectivity index (χ3n) is 3.44. The van der Waals surface area contributed by atoms with Crippen LogP contribution >= 0.6 is 0 Å². The first kappa shape index (κ1) is 16.4. The molecule has 1 N–H and O–H groups in total. The molecule has 7 heteroatoms. The van der Waals surface area contributed by atoms with E-state index in [1.165, 1.54) is 13.0 Å². The smallest absolute Gasteiger partial charge is 0.286 e. The topological polar surface area (TPSA) is 94.2 Å². The number of carbonyl (C=O) groups excluding carboxylic acids is 1. The number of pyridine rings is 1. The zero-order chi connectivity index (χ0) is 17.1. The van der Waals surface area contributed by atoms with Gasteiger partial charge >= 0.3 is 0 Å². The quantitative estimate of drug-likeness (QED) is 0.692. The minimum absolute atomic E-state index is 0.221. The lowest BCUT2D eigenvalue weighted by Crippen LogP contribution is -2.29. The predicted molar refractivity (Wildman–Crippen MR) is 86.6 cm³/mol. The molecule has 0 saturated carbocycles. The van der Waals surface area contributed by atoms with Crippen LogP contribution in [-0.2, 0) is 11.3 Å². The number of rotatable bonds is 4. The summed E-state index contributed by atoms with van der Waals surface area (Å²) in [4.78, 5) is 34.4. The van der Waals surface area contributed by atoms with Gasteiger partial charge in [-0.1, -0.05) is 12.1 Å². The summed E-state index contributed by atoms with van der Waals surface area (Å²) in [6.45, 7) is 4.96. The summed E-state index contributed by atoms with van der Waals surface area (Å²) in [6, 6.07) is 6.84. The van der Waals surface area contributed by atoms with E-state index in [9.17, 15) is 19.7 Å². The molecule has 7 nitrogen and oxygen atoms in total. The highest BCUT2D eigenvalue weighted by molar-refractivity contribution is 5.91. The van der Waals surface area contributed by atoms with Crippen LogP contribution in [-0.4, -0.2) is 15.4 Å². The fourth-order valence-corrected chi connectivity index (χ4v) is 2.20. The molecule has 1 heterocycles. The highest BCUT2D eigenvalue weighted by atomic mass is 16.6. The number of carbonyl (C=O) groups is 1. The Morgan fingerprint density at radius 1 is 1.22 bits per heavy atom. The van der Waals surface area contributed by atoms with Crippen LogP contribution < -0.4 is 10.9 Å². The van der Waals surface area contributed by atoms with E-state index in [2.05, 4.69) is 5.32 Å². The van der Waals surface area contributed by atoms with Crippen molar-refractivity contribution in [2.24, 2.45) is 0 Å². The van der Waals surface area contributed by atoms with E-state index < -0.39 is 16.4 Å². The molecule has 1 amide bonds. The average Bonchev–Trinajstić information content (AvgIpc) is 2.47. The number of hydrogen-bond acceptors (Lipinski definition) is 4. The maximum absolute atomic E-state index is 12.1. The van der Waals surface area contributed by atoms with E-state index >= 15 is 0 Å². The first-order valence-corrected chi connectivity index (χ1v) is 7.00. The van der Waals surface area contributed by atoms with Gasteiger partial charge in [-0.25, -0.2) is 0 Å². The van der Waals surface area contributed by atoms with Crippen LogP contribution in [0.5, 0.6) is 0 Å². The van der Waals surface area contributed by atoms with Gasteiger partial charge in [0, 0.05) is 17.3 Å². The minimum Gasteiger partial charge on any atom is -0.324 e. The molecule has 0 aliphatic carbocycles. The van der Waals surface area contributed by atoms with Gasteiger partial charge in [0.05, 0.1) is 11.1 Å². The van der Waals surface area contributed by atoms with Gasteiger partial charge in [0.25, 0.3) is 11.2 Å². The third-order valence-corrected chi connectivity index (χ3v) is 3.44. The molecule has 0 bridgehead atoms. The second-order valence-corrected chi connectivity index (χ2v) is 5.44. The Hall–Kier alpha value is -2.96. The van der Waals surface area contributed by atoms with Crippen molar-refractivity contribution in [2.45, 2.75) is 27.3 Å². The molecule has 0 unspecified atom stereocenters. The van der Waals surface area contributed by atoms with Crippen molar-refractivity contribution in [3.8, 4) is 0 Å². The molecule has 0 atom stereocenters. The van der Waals surface area contributed by atoms with Gasteiger partial charge in [-0.15, -0.1) is 0 Å². The predicted octanol–water partition coefficient (Wildman–Crippen LogP) is 2.32. The van der Waals surface area contributed by atoms with Crippen LogP contribution in [0, 0.1) is 30.9 Å². The van der Waals surface area contributed by atoms with E-state index in [0.717, 1.165) is 21.9 Å². The Morgan fingerprint density at radius 3 is 2.57 bits per heavy atom. The van der Waals surface area contributed by atoms with Crippen molar-refractivity contribution in [1.29, 1.82) is 0 Å². The first-order chi connectivity index (χ1) is 10.8. The SMILES string of the molecule is Cc1ccc(C)c(NC(=O)Cn2cc([N+](=O)[O-])cc(C)c2=O)c1. The highest BCUT2D eigenvalue weighted by Gasteiger charge is 2.14. The Kier molecular flexibility index (Phi) is 4.59. The van der Waals surface area contributed by atoms with Crippen molar-refractivity contribution >= 4 is 17.3 Å². The standard InChI is InChI=1S/C16H17N3O4/c1-10-4-5-11(2)14(6-10)17-15(20)9-18-8-13(19(22)23)7-12(3)16(18)21/h4-8H,9H2,1-3H3,(H,17,20). The van der Waals surface area contributed by atoms with Gasteiger partial charge in [0.15, 0.2) is 0 Å². The van der Waals surface area contributed by atoms with Crippen molar-refractivity contribution in [3.63, 3.8) is 0 Å². The normalized spacial score (nSPS) is 10.4. The van der Waals surface area contributed by atoms with Crippen LogP contribution in [0.4, 0.5) is 11.4 Å². The molecule has 0 saturated heterocycles. The summed E-state index contributed by atoms with van der Waals surface area (Å²) >= 11 is 0. The molecule has 2 rings (SSSR count). The lowest BCUT2D eigenvalue weighted by atomic mass is 10.1. The molecule has 1 aromatic carbocycles. The summed E-state index contributed by atoms with van der Waals surface area (Å²) in [5, 5.41) is 13.6. The first-order valence-electron chi connectivity index (χ1n) is 7.00. The van der Waals surface area contributed by atoms with Crippen molar-refractivity contribution in [2.75, 3.05) is 5.32 Å². The van der Waals surface area contributed by atoms with Crippen LogP contribution in [0.2, 0.25) is 0 Å². The maximum atomic E-state index is 12.1. The zero-order valence-corrected chi connectivity index (χ0v) is 13.1. The zero-order valence-electron chi connectivity index (χ0n) is 13.1. The van der Waals surface area contributed by atoms with Crippen molar-refractivity contribution < 1.29 is 9.72 Å².